The molecule has 4 rings (SSSR count). The van der Waals surface area contributed by atoms with E-state index in [1.807, 2.05) is 48.2 Å². The highest BCUT2D eigenvalue weighted by molar-refractivity contribution is 6.30. The largest absolute Gasteiger partial charge is 0.344 e. The van der Waals surface area contributed by atoms with Crippen molar-refractivity contribution in [1.29, 1.82) is 0 Å². The van der Waals surface area contributed by atoms with Crippen LogP contribution in [-0.2, 0) is 20.8 Å². The molecule has 1 aromatic rings. The molecule has 3 fully saturated rings. The van der Waals surface area contributed by atoms with Gasteiger partial charge in [0.25, 0.3) is 0 Å². The van der Waals surface area contributed by atoms with Gasteiger partial charge in [0.15, 0.2) is 0 Å². The molecule has 1 atom stereocenters. The fourth-order valence-electron chi connectivity index (χ4n) is 6.08. The quantitative estimate of drug-likeness (QED) is 0.498. The van der Waals surface area contributed by atoms with Crippen molar-refractivity contribution >= 4 is 29.3 Å². The van der Waals surface area contributed by atoms with E-state index in [0.29, 0.717) is 49.4 Å². The SMILES string of the molecule is CN(C)CCC(=O)NC(Cc1ccc(Cl)cc1)C(=O)N1CC(N(C(=O)C2CCCC2)C2CCCCC2)C1. The van der Waals surface area contributed by atoms with Crippen molar-refractivity contribution in [2.45, 2.75) is 88.8 Å². The third kappa shape index (κ3) is 7.47. The molecule has 204 valence electrons. The molecule has 37 heavy (non-hydrogen) atoms. The molecule has 3 aliphatic rings. The Labute approximate surface area is 226 Å². The maximum Gasteiger partial charge on any atom is 0.245 e. The molecule has 1 unspecified atom stereocenters. The Bertz CT molecular complexity index is 920. The predicted molar refractivity (Wildman–Crippen MR) is 146 cm³/mol. The summed E-state index contributed by atoms with van der Waals surface area (Å²) in [6.07, 6.45) is 10.8. The third-order valence-corrected chi connectivity index (χ3v) is 8.52. The van der Waals surface area contributed by atoms with E-state index in [1.54, 1.807) is 0 Å². The first-order chi connectivity index (χ1) is 17.8. The second-order valence-corrected chi connectivity index (χ2v) is 11.9. The van der Waals surface area contributed by atoms with Crippen molar-refractivity contribution in [3.05, 3.63) is 34.9 Å². The second-order valence-electron chi connectivity index (χ2n) is 11.4. The average Bonchev–Trinajstić information content (AvgIpc) is 3.40. The third-order valence-electron chi connectivity index (χ3n) is 8.27. The summed E-state index contributed by atoms with van der Waals surface area (Å²) < 4.78 is 0. The van der Waals surface area contributed by atoms with E-state index in [4.69, 9.17) is 11.6 Å². The lowest BCUT2D eigenvalue weighted by molar-refractivity contribution is -0.154. The number of halogens is 1. The van der Waals surface area contributed by atoms with Gasteiger partial charge in [-0.15, -0.1) is 0 Å². The Morgan fingerprint density at radius 2 is 1.57 bits per heavy atom. The number of nitrogens with zero attached hydrogens (tertiary/aromatic N) is 3. The van der Waals surface area contributed by atoms with Gasteiger partial charge in [-0.1, -0.05) is 55.8 Å². The lowest BCUT2D eigenvalue weighted by atomic mass is 9.90. The predicted octanol–water partition coefficient (Wildman–Crippen LogP) is 3.88. The van der Waals surface area contributed by atoms with Crippen molar-refractivity contribution < 1.29 is 14.4 Å². The molecule has 0 aromatic heterocycles. The Morgan fingerprint density at radius 3 is 2.19 bits per heavy atom. The van der Waals surface area contributed by atoms with Crippen LogP contribution in [0.2, 0.25) is 5.02 Å². The molecule has 7 nitrogen and oxygen atoms in total. The van der Waals surface area contributed by atoms with Crippen LogP contribution in [-0.4, -0.2) is 84.3 Å². The van der Waals surface area contributed by atoms with Gasteiger partial charge in [-0.2, -0.15) is 0 Å². The van der Waals surface area contributed by atoms with E-state index in [-0.39, 0.29) is 23.8 Å². The number of carbonyl (C=O) groups is 3. The summed E-state index contributed by atoms with van der Waals surface area (Å²) in [5, 5.41) is 3.63. The molecule has 1 aliphatic heterocycles. The van der Waals surface area contributed by atoms with Gasteiger partial charge in [0.2, 0.25) is 17.7 Å². The molecule has 2 saturated carbocycles. The highest BCUT2D eigenvalue weighted by Gasteiger charge is 2.44. The molecule has 1 aromatic carbocycles. The topological polar surface area (TPSA) is 73.0 Å². The fraction of sp³-hybridized carbons (Fsp3) is 0.690. The van der Waals surface area contributed by atoms with E-state index in [2.05, 4.69) is 10.2 Å². The number of nitrogens with one attached hydrogen (secondary N) is 1. The zero-order chi connectivity index (χ0) is 26.4. The van der Waals surface area contributed by atoms with Crippen molar-refractivity contribution in [2.24, 2.45) is 5.92 Å². The molecule has 3 amide bonds. The summed E-state index contributed by atoms with van der Waals surface area (Å²) in [6.45, 7) is 1.73. The van der Waals surface area contributed by atoms with Gasteiger partial charge < -0.3 is 20.0 Å². The maximum absolute atomic E-state index is 13.6. The summed E-state index contributed by atoms with van der Waals surface area (Å²) in [4.78, 5) is 45.8. The van der Waals surface area contributed by atoms with Crippen LogP contribution in [0.25, 0.3) is 0 Å². The van der Waals surface area contributed by atoms with Crippen LogP contribution >= 0.6 is 11.6 Å². The van der Waals surface area contributed by atoms with Crippen molar-refractivity contribution in [3.63, 3.8) is 0 Å². The molecule has 1 N–H and O–H groups in total. The monoisotopic (exact) mass is 530 g/mol. The van der Waals surface area contributed by atoms with Gasteiger partial charge in [0.05, 0.1) is 6.04 Å². The first kappa shape index (κ1) is 27.9. The van der Waals surface area contributed by atoms with Crippen LogP contribution < -0.4 is 5.32 Å². The number of likely N-dealkylation sites (tertiary alicyclic amines) is 1. The van der Waals surface area contributed by atoms with Gasteiger partial charge in [-0.25, -0.2) is 0 Å². The van der Waals surface area contributed by atoms with E-state index in [1.165, 1.54) is 19.3 Å². The first-order valence-electron chi connectivity index (χ1n) is 14.1. The van der Waals surface area contributed by atoms with Crippen molar-refractivity contribution in [1.82, 2.24) is 20.0 Å². The number of benzene rings is 1. The molecule has 0 radical (unpaired) electrons. The minimum Gasteiger partial charge on any atom is -0.344 e. The summed E-state index contributed by atoms with van der Waals surface area (Å²) in [5.41, 5.74) is 0.952. The van der Waals surface area contributed by atoms with Crippen LogP contribution in [0.15, 0.2) is 24.3 Å². The van der Waals surface area contributed by atoms with Gasteiger partial charge in [-0.05, 0) is 57.5 Å². The Morgan fingerprint density at radius 1 is 0.946 bits per heavy atom. The molecule has 2 aliphatic carbocycles. The molecular weight excluding hydrogens is 488 g/mol. The summed E-state index contributed by atoms with van der Waals surface area (Å²) in [7, 11) is 3.85. The normalized spacial score (nSPS) is 20.1. The van der Waals surface area contributed by atoms with E-state index >= 15 is 0 Å². The van der Waals surface area contributed by atoms with Gasteiger partial charge in [-0.3, -0.25) is 14.4 Å². The molecule has 0 bridgehead atoms. The van der Waals surface area contributed by atoms with Gasteiger partial charge in [0.1, 0.15) is 6.04 Å². The van der Waals surface area contributed by atoms with Gasteiger partial charge >= 0.3 is 0 Å². The van der Waals surface area contributed by atoms with Crippen LogP contribution in [0, 0.1) is 5.92 Å². The Balaban J connectivity index is 1.42. The smallest absolute Gasteiger partial charge is 0.245 e. The fourth-order valence-corrected chi connectivity index (χ4v) is 6.21. The zero-order valence-corrected chi connectivity index (χ0v) is 23.2. The standard InChI is InChI=1S/C29H43ClN4O3/c1-32(2)17-16-27(35)31-26(18-21-12-14-23(30)15-13-21)29(37)33-19-25(20-33)34(24-10-4-3-5-11-24)28(36)22-8-6-7-9-22/h12-15,22,24-26H,3-11,16-20H2,1-2H3,(H,31,35). The Hall–Kier alpha value is -2.12. The molecule has 0 spiro atoms. The van der Waals surface area contributed by atoms with Crippen LogP contribution in [0.1, 0.15) is 69.8 Å². The Kier molecular flexibility index (Phi) is 9.88. The molecular formula is C29H43ClN4O3. The summed E-state index contributed by atoms with van der Waals surface area (Å²) in [6, 6.07) is 7.17. The average molecular weight is 531 g/mol. The minimum absolute atomic E-state index is 0.0682. The van der Waals surface area contributed by atoms with E-state index in [0.717, 1.165) is 44.1 Å². The molecule has 1 heterocycles. The number of hydrogen-bond donors (Lipinski definition) is 1. The molecule has 1 saturated heterocycles. The lowest BCUT2D eigenvalue weighted by Crippen LogP contribution is -2.67. The lowest BCUT2D eigenvalue weighted by Gasteiger charge is -2.50. The number of hydrogen-bond acceptors (Lipinski definition) is 4. The highest BCUT2D eigenvalue weighted by atomic mass is 35.5. The first-order valence-corrected chi connectivity index (χ1v) is 14.5. The van der Waals surface area contributed by atoms with Crippen LogP contribution in [0.5, 0.6) is 0 Å². The molecule has 8 heteroatoms. The van der Waals surface area contributed by atoms with Crippen molar-refractivity contribution in [3.8, 4) is 0 Å². The zero-order valence-electron chi connectivity index (χ0n) is 22.5. The second kappa shape index (κ2) is 13.1. The van der Waals surface area contributed by atoms with E-state index < -0.39 is 6.04 Å². The number of carbonyl (C=O) groups excluding carboxylic acids is 3. The summed E-state index contributed by atoms with van der Waals surface area (Å²) >= 11 is 6.05. The highest BCUT2D eigenvalue weighted by Crippen LogP contribution is 2.33. The van der Waals surface area contributed by atoms with E-state index in [9.17, 15) is 14.4 Å². The van der Waals surface area contributed by atoms with Crippen molar-refractivity contribution in [2.75, 3.05) is 33.7 Å². The number of amides is 3. The minimum atomic E-state index is -0.634. The van der Waals surface area contributed by atoms with Gasteiger partial charge in [0, 0.05) is 49.5 Å². The number of rotatable bonds is 10. The maximum atomic E-state index is 13.6. The van der Waals surface area contributed by atoms with Crippen LogP contribution in [0.4, 0.5) is 0 Å². The summed E-state index contributed by atoms with van der Waals surface area (Å²) in [5.74, 6) is 0.274. The van der Waals surface area contributed by atoms with Crippen LogP contribution in [0.3, 0.4) is 0 Å².